The number of carbonyl (C=O) groups is 4. The maximum absolute atomic E-state index is 13.1. The molecule has 3 aliphatic rings. The van der Waals surface area contributed by atoms with Crippen LogP contribution in [0.4, 0.5) is 0 Å². The van der Waals surface area contributed by atoms with Crippen molar-refractivity contribution in [2.75, 3.05) is 7.11 Å². The number of aliphatic hydroxyl groups excluding tert-OH is 2. The van der Waals surface area contributed by atoms with E-state index >= 15 is 0 Å². The SMILES string of the molecule is CCCCCCC(=O)O[C@@H]1[C@H](OC)[C@@H]([C@@H](O[C@H]2OC(C(=O)N[C@H]3CCC[C@@H](C)NC3=O)=C[C@H](O)[C@@H]2O)C(N)=O)O[C@H]1n1ccc(=O)[nH]c1=O. The lowest BCUT2D eigenvalue weighted by atomic mass is 10.0. The maximum Gasteiger partial charge on any atom is 0.330 e. The first kappa shape index (κ1) is 37.7. The normalized spacial score (nSPS) is 30.7. The number of hydrogen-bond donors (Lipinski definition) is 6. The van der Waals surface area contributed by atoms with Crippen LogP contribution in [0, 0.1) is 0 Å². The fourth-order valence-electron chi connectivity index (χ4n) is 5.94. The summed E-state index contributed by atoms with van der Waals surface area (Å²) in [6, 6.07) is 0.0693. The Morgan fingerprint density at radius 2 is 1.90 bits per heavy atom. The maximum atomic E-state index is 13.1. The second kappa shape index (κ2) is 17.0. The summed E-state index contributed by atoms with van der Waals surface area (Å²) < 4.78 is 29.6. The summed E-state index contributed by atoms with van der Waals surface area (Å²) in [5.74, 6) is -3.59. The number of aliphatic hydroxyl groups is 2. The van der Waals surface area contributed by atoms with Gasteiger partial charge in [-0.15, -0.1) is 0 Å². The summed E-state index contributed by atoms with van der Waals surface area (Å²) >= 11 is 0. The van der Waals surface area contributed by atoms with Gasteiger partial charge >= 0.3 is 11.7 Å². The van der Waals surface area contributed by atoms with Gasteiger partial charge in [0.05, 0.1) is 0 Å². The zero-order chi connectivity index (χ0) is 35.8. The Morgan fingerprint density at radius 1 is 1.14 bits per heavy atom. The smallest absolute Gasteiger partial charge is 0.330 e. The van der Waals surface area contributed by atoms with E-state index < -0.39 is 95.9 Å². The van der Waals surface area contributed by atoms with E-state index in [0.717, 1.165) is 48.6 Å². The van der Waals surface area contributed by atoms with Gasteiger partial charge in [-0.25, -0.2) is 4.79 Å². The molecule has 272 valence electrons. The fraction of sp³-hybridized carbons (Fsp3) is 0.677. The molecule has 0 radical (unpaired) electrons. The lowest BCUT2D eigenvalue weighted by Crippen LogP contribution is -2.54. The van der Waals surface area contributed by atoms with Gasteiger partial charge in [-0.05, 0) is 38.7 Å². The minimum atomic E-state index is -1.88. The number of unbranched alkanes of at least 4 members (excludes halogenated alkanes) is 3. The summed E-state index contributed by atoms with van der Waals surface area (Å²) in [5.41, 5.74) is 4.08. The lowest BCUT2D eigenvalue weighted by molar-refractivity contribution is -0.241. The third kappa shape index (κ3) is 9.33. The molecule has 18 heteroatoms. The number of carbonyl (C=O) groups excluding carboxylic acids is 4. The molecule has 2 saturated heterocycles. The molecule has 18 nitrogen and oxygen atoms in total. The van der Waals surface area contributed by atoms with Gasteiger partial charge in [-0.3, -0.25) is 33.5 Å². The van der Waals surface area contributed by atoms with Crippen LogP contribution in [0.2, 0.25) is 0 Å². The Labute approximate surface area is 281 Å². The van der Waals surface area contributed by atoms with Crippen LogP contribution in [0.1, 0.15) is 71.4 Å². The number of aromatic amines is 1. The van der Waals surface area contributed by atoms with Crippen molar-refractivity contribution in [2.45, 2.75) is 126 Å². The average Bonchev–Trinajstić information content (AvgIpc) is 3.30. The van der Waals surface area contributed by atoms with E-state index in [-0.39, 0.29) is 12.5 Å². The highest BCUT2D eigenvalue weighted by Gasteiger charge is 2.54. The number of nitrogens with zero attached hydrogens (tertiary/aromatic N) is 1. The molecule has 2 fully saturated rings. The standard InChI is InChI=1S/C31H45N5O13/c1-4-5-6-7-11-20(39)47-25-22(45-3)23(48-29(25)36-13-12-19(38)35-31(36)44)24(26(32)41)49-30-21(40)17(37)14-18(46-30)28(43)34-16-10-8-9-15(2)33-27(16)42/h12-17,21-25,29-30,37,40H,4-11H2,1-3H3,(H2,32,41)(H,33,42)(H,34,43)(H,35,38,44)/t15-,16+,17+,21+,22-,23+,24-,25-,29-,30-/m1/s1. The first-order chi connectivity index (χ1) is 23.3. The number of rotatable bonds is 14. The molecular formula is C31H45N5O13. The van der Waals surface area contributed by atoms with Gasteiger partial charge in [0.15, 0.2) is 24.2 Å². The lowest BCUT2D eigenvalue weighted by Gasteiger charge is -2.35. The van der Waals surface area contributed by atoms with Crippen LogP contribution in [0.5, 0.6) is 0 Å². The third-order valence-electron chi connectivity index (χ3n) is 8.54. The number of methoxy groups -OCH3 is 1. The van der Waals surface area contributed by atoms with Crippen molar-refractivity contribution in [1.29, 1.82) is 0 Å². The van der Waals surface area contributed by atoms with Crippen molar-refractivity contribution in [1.82, 2.24) is 20.2 Å². The summed E-state index contributed by atoms with van der Waals surface area (Å²) in [6.45, 7) is 3.86. The molecule has 0 saturated carbocycles. The molecular weight excluding hydrogens is 650 g/mol. The predicted octanol–water partition coefficient (Wildman–Crippen LogP) is -1.66. The Bertz CT molecular complexity index is 1490. The second-order valence-corrected chi connectivity index (χ2v) is 12.3. The summed E-state index contributed by atoms with van der Waals surface area (Å²) in [7, 11) is 1.23. The number of nitrogens with two attached hydrogens (primary N) is 1. The summed E-state index contributed by atoms with van der Waals surface area (Å²) in [6.07, 6.45) is -5.93. The number of aromatic nitrogens is 2. The Kier molecular flexibility index (Phi) is 13.1. The number of nitrogens with one attached hydrogen (secondary N) is 3. The molecule has 0 bridgehead atoms. The molecule has 0 aromatic carbocycles. The predicted molar refractivity (Wildman–Crippen MR) is 167 cm³/mol. The average molecular weight is 696 g/mol. The van der Waals surface area contributed by atoms with Crippen molar-refractivity contribution < 1.29 is 53.1 Å². The van der Waals surface area contributed by atoms with Gasteiger partial charge in [-0.2, -0.15) is 0 Å². The monoisotopic (exact) mass is 695 g/mol. The molecule has 49 heavy (non-hydrogen) atoms. The van der Waals surface area contributed by atoms with Crippen LogP contribution < -0.4 is 27.6 Å². The zero-order valence-electron chi connectivity index (χ0n) is 27.6. The Balaban J connectivity index is 1.56. The van der Waals surface area contributed by atoms with Crippen LogP contribution >= 0.6 is 0 Å². The summed E-state index contributed by atoms with van der Waals surface area (Å²) in [5, 5.41) is 26.6. The number of H-pyrrole nitrogens is 1. The minimum Gasteiger partial charge on any atom is -0.456 e. The molecule has 4 heterocycles. The van der Waals surface area contributed by atoms with E-state index in [2.05, 4.69) is 15.6 Å². The number of amides is 3. The second-order valence-electron chi connectivity index (χ2n) is 12.3. The molecule has 4 rings (SSSR count). The van der Waals surface area contributed by atoms with E-state index in [0.29, 0.717) is 19.3 Å². The molecule has 1 aromatic rings. The van der Waals surface area contributed by atoms with Gasteiger partial charge < -0.3 is 50.3 Å². The molecule has 1 aromatic heterocycles. The van der Waals surface area contributed by atoms with Crippen molar-refractivity contribution in [3.8, 4) is 0 Å². The van der Waals surface area contributed by atoms with Gasteiger partial charge in [0.25, 0.3) is 11.5 Å². The topological polar surface area (TPSA) is 260 Å². The molecule has 0 unspecified atom stereocenters. The van der Waals surface area contributed by atoms with Gasteiger partial charge in [0.2, 0.25) is 18.1 Å². The fourth-order valence-corrected chi connectivity index (χ4v) is 5.94. The van der Waals surface area contributed by atoms with Crippen molar-refractivity contribution in [3.05, 3.63) is 44.9 Å². The van der Waals surface area contributed by atoms with Gasteiger partial charge in [0, 0.05) is 31.8 Å². The number of esters is 1. The number of primary amides is 1. The van der Waals surface area contributed by atoms with Crippen LogP contribution in [-0.4, -0.2) is 106 Å². The van der Waals surface area contributed by atoms with Gasteiger partial charge in [0.1, 0.15) is 30.5 Å². The first-order valence-electron chi connectivity index (χ1n) is 16.3. The van der Waals surface area contributed by atoms with E-state index in [1.165, 1.54) is 7.11 Å². The number of hydrogen-bond acceptors (Lipinski definition) is 13. The van der Waals surface area contributed by atoms with Crippen LogP contribution in [0.3, 0.4) is 0 Å². The Morgan fingerprint density at radius 3 is 2.57 bits per heavy atom. The summed E-state index contributed by atoms with van der Waals surface area (Å²) in [4.78, 5) is 78.0. The first-order valence-corrected chi connectivity index (χ1v) is 16.3. The van der Waals surface area contributed by atoms with E-state index in [9.17, 15) is 39.0 Å². The largest absolute Gasteiger partial charge is 0.456 e. The quantitative estimate of drug-likeness (QED) is 0.0942. The minimum absolute atomic E-state index is 0.0410. The van der Waals surface area contributed by atoms with Crippen molar-refractivity contribution in [2.24, 2.45) is 5.73 Å². The Hall–Kier alpha value is -4.10. The molecule has 10 atom stereocenters. The van der Waals surface area contributed by atoms with Crippen LogP contribution in [0.15, 0.2) is 33.7 Å². The van der Waals surface area contributed by atoms with Crippen molar-refractivity contribution in [3.63, 3.8) is 0 Å². The van der Waals surface area contributed by atoms with Crippen LogP contribution in [0.25, 0.3) is 0 Å². The van der Waals surface area contributed by atoms with E-state index in [1.807, 2.05) is 13.8 Å². The highest BCUT2D eigenvalue weighted by molar-refractivity contribution is 5.95. The highest BCUT2D eigenvalue weighted by Crippen LogP contribution is 2.36. The van der Waals surface area contributed by atoms with Crippen LogP contribution in [-0.2, 0) is 42.9 Å². The molecule has 3 aliphatic heterocycles. The zero-order valence-corrected chi connectivity index (χ0v) is 27.6. The van der Waals surface area contributed by atoms with Gasteiger partial charge in [-0.1, -0.05) is 26.2 Å². The molecule has 7 N–H and O–H groups in total. The third-order valence-corrected chi connectivity index (χ3v) is 8.54. The van der Waals surface area contributed by atoms with E-state index in [1.54, 1.807) is 0 Å². The van der Waals surface area contributed by atoms with Crippen molar-refractivity contribution >= 4 is 23.7 Å². The molecule has 0 spiro atoms. The highest BCUT2D eigenvalue weighted by atomic mass is 16.7. The van der Waals surface area contributed by atoms with E-state index in [4.69, 9.17) is 29.4 Å². The molecule has 3 amide bonds. The number of ether oxygens (including phenoxy) is 5. The molecule has 0 aliphatic carbocycles.